The topological polar surface area (TPSA) is 81.2 Å². The minimum absolute atomic E-state index is 0.0468. The van der Waals surface area contributed by atoms with Gasteiger partial charge < -0.3 is 14.9 Å². The molecule has 1 fully saturated rings. The van der Waals surface area contributed by atoms with Crippen LogP contribution in [0, 0.1) is 5.82 Å². The summed E-state index contributed by atoms with van der Waals surface area (Å²) in [4.78, 5) is 16.8. The lowest BCUT2D eigenvalue weighted by atomic mass is 10.1. The van der Waals surface area contributed by atoms with Gasteiger partial charge in [0.05, 0.1) is 5.02 Å². The number of halogens is 3. The standard InChI is InChI=1S/C31H28Cl2FN3O4S/c32-25-18-28(33)30(38)29(19-25)42(40,41)37(21-23-8-12-26(34)13-9-23)20-22-6-10-24(11-7-22)31(39)36-16-14-35(15-17-36)27-4-2-1-3-5-27/h1-13,18-19,38H,14-17,20-21H2. The van der Waals surface area contributed by atoms with E-state index in [1.165, 1.54) is 30.3 Å². The molecule has 0 bridgehead atoms. The first-order valence-corrected chi connectivity index (χ1v) is 15.4. The summed E-state index contributed by atoms with van der Waals surface area (Å²) in [6, 6.07) is 24.7. The molecule has 1 amide bonds. The number of phenolic OH excluding ortho intramolecular Hbond substituents is 1. The number of hydrogen-bond donors (Lipinski definition) is 1. The van der Waals surface area contributed by atoms with Gasteiger partial charge in [0.1, 0.15) is 10.7 Å². The lowest BCUT2D eigenvalue weighted by Crippen LogP contribution is -2.48. The van der Waals surface area contributed by atoms with Crippen molar-refractivity contribution < 1.29 is 22.7 Å². The van der Waals surface area contributed by atoms with Crippen molar-refractivity contribution in [2.24, 2.45) is 0 Å². The number of aromatic hydroxyl groups is 1. The number of benzene rings is 4. The van der Waals surface area contributed by atoms with Crippen LogP contribution in [0.3, 0.4) is 0 Å². The number of para-hydroxylation sites is 1. The predicted molar refractivity (Wildman–Crippen MR) is 162 cm³/mol. The molecule has 7 nitrogen and oxygen atoms in total. The van der Waals surface area contributed by atoms with E-state index in [0.717, 1.165) is 29.1 Å². The van der Waals surface area contributed by atoms with Crippen LogP contribution in [0.15, 0.2) is 95.9 Å². The Morgan fingerprint density at radius 2 is 1.40 bits per heavy atom. The second kappa shape index (κ2) is 12.7. The van der Waals surface area contributed by atoms with Crippen molar-refractivity contribution in [2.75, 3.05) is 31.1 Å². The highest BCUT2D eigenvalue weighted by atomic mass is 35.5. The molecule has 0 radical (unpaired) electrons. The molecule has 0 saturated carbocycles. The van der Waals surface area contributed by atoms with Gasteiger partial charge in [-0.2, -0.15) is 4.31 Å². The van der Waals surface area contributed by atoms with Crippen molar-refractivity contribution in [3.63, 3.8) is 0 Å². The van der Waals surface area contributed by atoms with Crippen LogP contribution in [0.2, 0.25) is 10.0 Å². The van der Waals surface area contributed by atoms with Crippen molar-refractivity contribution in [3.05, 3.63) is 124 Å². The van der Waals surface area contributed by atoms with Gasteiger partial charge in [0.15, 0.2) is 5.75 Å². The van der Waals surface area contributed by atoms with E-state index < -0.39 is 26.5 Å². The number of carbonyl (C=O) groups is 1. The van der Waals surface area contributed by atoms with Crippen LogP contribution in [0.5, 0.6) is 5.75 Å². The number of nitrogens with zero attached hydrogens (tertiary/aromatic N) is 3. The maximum Gasteiger partial charge on any atom is 0.253 e. The highest BCUT2D eigenvalue weighted by molar-refractivity contribution is 7.89. The molecule has 1 aliphatic heterocycles. The van der Waals surface area contributed by atoms with E-state index in [2.05, 4.69) is 17.0 Å². The average Bonchev–Trinajstić information content (AvgIpc) is 3.00. The lowest BCUT2D eigenvalue weighted by Gasteiger charge is -2.36. The van der Waals surface area contributed by atoms with Crippen molar-refractivity contribution >= 4 is 44.8 Å². The molecule has 0 aromatic heterocycles. The molecule has 0 spiro atoms. The average molecular weight is 629 g/mol. The zero-order chi connectivity index (χ0) is 29.9. The van der Waals surface area contributed by atoms with Crippen molar-refractivity contribution in [2.45, 2.75) is 18.0 Å². The summed E-state index contributed by atoms with van der Waals surface area (Å²) in [5.74, 6) is -1.16. The van der Waals surface area contributed by atoms with Gasteiger partial charge in [0.25, 0.3) is 5.91 Å². The summed E-state index contributed by atoms with van der Waals surface area (Å²) in [6.07, 6.45) is 0. The Kier molecular flexibility index (Phi) is 9.03. The fourth-order valence-electron chi connectivity index (χ4n) is 4.84. The van der Waals surface area contributed by atoms with E-state index in [0.29, 0.717) is 29.8 Å². The van der Waals surface area contributed by atoms with E-state index >= 15 is 0 Å². The maximum atomic E-state index is 13.8. The van der Waals surface area contributed by atoms with Gasteiger partial charge in [0.2, 0.25) is 10.0 Å². The Bertz CT molecular complexity index is 1660. The van der Waals surface area contributed by atoms with E-state index in [4.69, 9.17) is 23.2 Å². The number of carbonyl (C=O) groups excluding carboxylic acids is 1. The maximum absolute atomic E-state index is 13.8. The molecular formula is C31H28Cl2FN3O4S. The first-order valence-electron chi connectivity index (χ1n) is 13.2. The van der Waals surface area contributed by atoms with Crippen LogP contribution in [-0.2, 0) is 23.1 Å². The molecule has 218 valence electrons. The number of amides is 1. The fourth-order valence-corrected chi connectivity index (χ4v) is 7.00. The summed E-state index contributed by atoms with van der Waals surface area (Å²) in [6.45, 7) is 2.43. The van der Waals surface area contributed by atoms with E-state index in [9.17, 15) is 22.7 Å². The van der Waals surface area contributed by atoms with Gasteiger partial charge in [-0.15, -0.1) is 0 Å². The summed E-state index contributed by atoms with van der Waals surface area (Å²) in [5, 5.41) is 10.3. The third-order valence-electron chi connectivity index (χ3n) is 7.13. The number of piperazine rings is 1. The predicted octanol–water partition coefficient (Wildman–Crippen LogP) is 6.19. The highest BCUT2D eigenvalue weighted by Gasteiger charge is 2.30. The number of rotatable bonds is 8. The van der Waals surface area contributed by atoms with Gasteiger partial charge in [-0.05, 0) is 59.7 Å². The van der Waals surface area contributed by atoms with Crippen LogP contribution < -0.4 is 4.90 Å². The highest BCUT2D eigenvalue weighted by Crippen LogP contribution is 2.36. The monoisotopic (exact) mass is 627 g/mol. The Hall–Kier alpha value is -3.63. The summed E-state index contributed by atoms with van der Waals surface area (Å²) >= 11 is 12.1. The summed E-state index contributed by atoms with van der Waals surface area (Å²) in [5.41, 5.74) is 2.77. The van der Waals surface area contributed by atoms with Crippen LogP contribution in [0.4, 0.5) is 10.1 Å². The first kappa shape index (κ1) is 29.8. The van der Waals surface area contributed by atoms with E-state index in [1.54, 1.807) is 24.3 Å². The molecule has 0 unspecified atom stereocenters. The van der Waals surface area contributed by atoms with E-state index in [1.807, 2.05) is 23.1 Å². The normalized spacial score (nSPS) is 13.9. The zero-order valence-corrected chi connectivity index (χ0v) is 24.8. The van der Waals surface area contributed by atoms with Gasteiger partial charge in [-0.25, -0.2) is 12.8 Å². The Morgan fingerprint density at radius 3 is 2.00 bits per heavy atom. The quantitative estimate of drug-likeness (QED) is 0.252. The molecule has 42 heavy (non-hydrogen) atoms. The first-order chi connectivity index (χ1) is 20.1. The Balaban J connectivity index is 1.34. The molecule has 0 aliphatic carbocycles. The van der Waals surface area contributed by atoms with Crippen molar-refractivity contribution in [3.8, 4) is 5.75 Å². The van der Waals surface area contributed by atoms with Crippen LogP contribution in [0.25, 0.3) is 0 Å². The Labute approximate surface area is 254 Å². The van der Waals surface area contributed by atoms with Gasteiger partial charge >= 0.3 is 0 Å². The molecule has 4 aromatic carbocycles. The number of hydrogen-bond acceptors (Lipinski definition) is 5. The third-order valence-corrected chi connectivity index (χ3v) is 9.44. The van der Waals surface area contributed by atoms with Crippen LogP contribution in [0.1, 0.15) is 21.5 Å². The zero-order valence-electron chi connectivity index (χ0n) is 22.5. The molecule has 1 aliphatic rings. The number of sulfonamides is 1. The Morgan fingerprint density at radius 1 is 0.833 bits per heavy atom. The van der Waals surface area contributed by atoms with Gasteiger partial charge in [-0.3, -0.25) is 4.79 Å². The van der Waals surface area contributed by atoms with Gasteiger partial charge in [0, 0.05) is 55.5 Å². The molecule has 5 rings (SSSR count). The molecular weight excluding hydrogens is 600 g/mol. The molecule has 11 heteroatoms. The SMILES string of the molecule is O=C(c1ccc(CN(Cc2ccc(F)cc2)S(=O)(=O)c2cc(Cl)cc(Cl)c2O)cc1)N1CCN(c2ccccc2)CC1. The number of phenols is 1. The van der Waals surface area contributed by atoms with Crippen LogP contribution in [-0.4, -0.2) is 54.8 Å². The second-order valence-electron chi connectivity index (χ2n) is 9.95. The molecule has 1 saturated heterocycles. The van der Waals surface area contributed by atoms with Crippen molar-refractivity contribution in [1.29, 1.82) is 0 Å². The number of anilines is 1. The lowest BCUT2D eigenvalue weighted by molar-refractivity contribution is 0.0746. The van der Waals surface area contributed by atoms with E-state index in [-0.39, 0.29) is 29.0 Å². The molecule has 0 atom stereocenters. The largest absolute Gasteiger partial charge is 0.505 e. The molecule has 1 N–H and O–H groups in total. The van der Waals surface area contributed by atoms with Crippen LogP contribution >= 0.6 is 23.2 Å². The summed E-state index contributed by atoms with van der Waals surface area (Å²) < 4.78 is 42.2. The minimum atomic E-state index is -4.31. The summed E-state index contributed by atoms with van der Waals surface area (Å²) in [7, 11) is -4.31. The van der Waals surface area contributed by atoms with Crippen molar-refractivity contribution in [1.82, 2.24) is 9.21 Å². The third kappa shape index (κ3) is 6.71. The second-order valence-corrected chi connectivity index (χ2v) is 12.7. The van der Waals surface area contributed by atoms with Gasteiger partial charge in [-0.1, -0.05) is 65.7 Å². The minimum Gasteiger partial charge on any atom is -0.505 e. The fraction of sp³-hybridized carbons (Fsp3) is 0.194. The molecule has 4 aromatic rings. The smallest absolute Gasteiger partial charge is 0.253 e. The molecule has 1 heterocycles.